The number of hydrogen-bond donors (Lipinski definition) is 2. The predicted octanol–water partition coefficient (Wildman–Crippen LogP) is 0.758. The average molecular weight is 270 g/mol. The van der Waals surface area contributed by atoms with E-state index in [1.807, 2.05) is 0 Å². The third-order valence-electron chi connectivity index (χ3n) is 2.86. The molecule has 0 aromatic carbocycles. The first kappa shape index (κ1) is 12.6. The first-order valence-corrected chi connectivity index (χ1v) is 5.81. The van der Waals surface area contributed by atoms with Gasteiger partial charge in [0.15, 0.2) is 0 Å². The van der Waals surface area contributed by atoms with Crippen LogP contribution in [0.2, 0.25) is 5.02 Å². The topological polar surface area (TPSA) is 82.5 Å². The molecule has 1 aromatic heterocycles. The number of hydrogen-bond acceptors (Lipinski definition) is 4. The van der Waals surface area contributed by atoms with Crippen LogP contribution in [0.4, 0.5) is 5.82 Å². The Morgan fingerprint density at radius 2 is 2.39 bits per heavy atom. The number of piperazine rings is 1. The van der Waals surface area contributed by atoms with E-state index in [2.05, 4.69) is 10.3 Å². The van der Waals surface area contributed by atoms with Gasteiger partial charge in [-0.1, -0.05) is 11.6 Å². The van der Waals surface area contributed by atoms with E-state index in [-0.39, 0.29) is 22.5 Å². The number of aromatic carboxylic acids is 1. The zero-order valence-electron chi connectivity index (χ0n) is 9.68. The van der Waals surface area contributed by atoms with Gasteiger partial charge in [0.1, 0.15) is 11.9 Å². The highest BCUT2D eigenvalue weighted by molar-refractivity contribution is 6.33. The summed E-state index contributed by atoms with van der Waals surface area (Å²) in [6.45, 7) is 2.84. The lowest BCUT2D eigenvalue weighted by atomic mass is 10.2. The second kappa shape index (κ2) is 4.81. The van der Waals surface area contributed by atoms with Gasteiger partial charge in [-0.25, -0.2) is 9.78 Å². The molecule has 1 amide bonds. The van der Waals surface area contributed by atoms with Crippen LogP contribution in [0, 0.1) is 0 Å². The van der Waals surface area contributed by atoms with E-state index in [0.29, 0.717) is 18.9 Å². The van der Waals surface area contributed by atoms with Crippen molar-refractivity contribution in [2.24, 2.45) is 0 Å². The summed E-state index contributed by atoms with van der Waals surface area (Å²) in [5.41, 5.74) is -0.0140. The first-order chi connectivity index (χ1) is 8.50. The van der Waals surface area contributed by atoms with Crippen molar-refractivity contribution >= 4 is 29.3 Å². The summed E-state index contributed by atoms with van der Waals surface area (Å²) < 4.78 is 0. The molecule has 18 heavy (non-hydrogen) atoms. The molecule has 1 aromatic rings. The molecule has 2 N–H and O–H groups in total. The highest BCUT2D eigenvalue weighted by atomic mass is 35.5. The first-order valence-electron chi connectivity index (χ1n) is 5.44. The van der Waals surface area contributed by atoms with Crippen molar-refractivity contribution in [2.45, 2.75) is 13.0 Å². The Hall–Kier alpha value is -1.82. The fraction of sp³-hybridized carbons (Fsp3) is 0.364. The lowest BCUT2D eigenvalue weighted by Crippen LogP contribution is -2.54. The average Bonchev–Trinajstić information content (AvgIpc) is 2.33. The molecule has 2 heterocycles. The Kier molecular flexibility index (Phi) is 3.38. The number of halogens is 1. The molecular formula is C11H12ClN3O3. The largest absolute Gasteiger partial charge is 0.478 e. The summed E-state index contributed by atoms with van der Waals surface area (Å²) in [6, 6.07) is 1.01. The Labute approximate surface area is 109 Å². The highest BCUT2D eigenvalue weighted by Gasteiger charge is 2.27. The molecule has 0 saturated carbocycles. The number of aromatic nitrogens is 1. The van der Waals surface area contributed by atoms with E-state index < -0.39 is 5.97 Å². The number of anilines is 1. The third-order valence-corrected chi connectivity index (χ3v) is 3.17. The number of rotatable bonds is 2. The summed E-state index contributed by atoms with van der Waals surface area (Å²) in [7, 11) is 0. The maximum Gasteiger partial charge on any atom is 0.337 e. The normalized spacial score (nSPS) is 19.6. The molecule has 0 bridgehead atoms. The van der Waals surface area contributed by atoms with Crippen LogP contribution < -0.4 is 10.2 Å². The number of nitrogens with one attached hydrogen (secondary N) is 1. The molecule has 96 valence electrons. The van der Waals surface area contributed by atoms with Crippen molar-refractivity contribution < 1.29 is 14.7 Å². The van der Waals surface area contributed by atoms with Crippen molar-refractivity contribution in [1.29, 1.82) is 0 Å². The molecule has 0 radical (unpaired) electrons. The van der Waals surface area contributed by atoms with Gasteiger partial charge >= 0.3 is 5.97 Å². The number of carboxylic acid groups (broad SMARTS) is 1. The monoisotopic (exact) mass is 269 g/mol. The Morgan fingerprint density at radius 1 is 1.67 bits per heavy atom. The van der Waals surface area contributed by atoms with Gasteiger partial charge in [-0.3, -0.25) is 4.79 Å². The fourth-order valence-electron chi connectivity index (χ4n) is 1.84. The summed E-state index contributed by atoms with van der Waals surface area (Å²) >= 11 is 5.75. The van der Waals surface area contributed by atoms with Gasteiger partial charge in [0.05, 0.1) is 10.6 Å². The minimum Gasteiger partial charge on any atom is -0.478 e. The van der Waals surface area contributed by atoms with E-state index >= 15 is 0 Å². The fourth-order valence-corrected chi connectivity index (χ4v) is 2.03. The molecule has 7 heteroatoms. The quantitative estimate of drug-likeness (QED) is 0.828. The smallest absolute Gasteiger partial charge is 0.337 e. The summed E-state index contributed by atoms with van der Waals surface area (Å²) in [5.74, 6) is -0.771. The minimum atomic E-state index is -1.11. The summed E-state index contributed by atoms with van der Waals surface area (Å²) in [6.07, 6.45) is 1.29. The molecule has 0 spiro atoms. The molecule has 1 aliphatic rings. The van der Waals surface area contributed by atoms with Crippen LogP contribution >= 0.6 is 11.6 Å². The van der Waals surface area contributed by atoms with Gasteiger partial charge in [-0.15, -0.1) is 0 Å². The van der Waals surface area contributed by atoms with Crippen molar-refractivity contribution in [3.8, 4) is 0 Å². The molecule has 1 aliphatic heterocycles. The van der Waals surface area contributed by atoms with Gasteiger partial charge in [0, 0.05) is 19.3 Å². The zero-order chi connectivity index (χ0) is 13.3. The number of pyridine rings is 1. The number of nitrogens with zero attached hydrogens (tertiary/aromatic N) is 2. The van der Waals surface area contributed by atoms with E-state index in [1.165, 1.54) is 12.3 Å². The lowest BCUT2D eigenvalue weighted by Gasteiger charge is -2.33. The standard InChI is InChI=1S/C11H12ClN3O3/c1-6-10(16)13-2-3-15(6)9-4-7(11(17)18)8(12)5-14-9/h4-6H,2-3H2,1H3,(H,13,16)(H,17,18). The van der Waals surface area contributed by atoms with Crippen molar-refractivity contribution in [2.75, 3.05) is 18.0 Å². The number of carboxylic acids is 1. The van der Waals surface area contributed by atoms with E-state index in [1.54, 1.807) is 11.8 Å². The van der Waals surface area contributed by atoms with Crippen LogP contribution in [-0.2, 0) is 4.79 Å². The lowest BCUT2D eigenvalue weighted by molar-refractivity contribution is -0.122. The van der Waals surface area contributed by atoms with E-state index in [4.69, 9.17) is 16.7 Å². The predicted molar refractivity (Wildman–Crippen MR) is 66.0 cm³/mol. The second-order valence-electron chi connectivity index (χ2n) is 3.99. The minimum absolute atomic E-state index is 0.0140. The molecule has 6 nitrogen and oxygen atoms in total. The van der Waals surface area contributed by atoms with Crippen molar-refractivity contribution in [1.82, 2.24) is 10.3 Å². The van der Waals surface area contributed by atoms with Crippen LogP contribution in [0.5, 0.6) is 0 Å². The maximum atomic E-state index is 11.5. The number of carbonyl (C=O) groups is 2. The van der Waals surface area contributed by atoms with Gasteiger partial charge in [0.25, 0.3) is 0 Å². The summed E-state index contributed by atoms with van der Waals surface area (Å²) in [4.78, 5) is 28.4. The molecule has 1 saturated heterocycles. The van der Waals surface area contributed by atoms with Crippen LogP contribution in [0.3, 0.4) is 0 Å². The van der Waals surface area contributed by atoms with Gasteiger partial charge in [0.2, 0.25) is 5.91 Å². The second-order valence-corrected chi connectivity index (χ2v) is 4.40. The van der Waals surface area contributed by atoms with Crippen molar-refractivity contribution in [3.63, 3.8) is 0 Å². The molecule has 1 unspecified atom stereocenters. The van der Waals surface area contributed by atoms with E-state index in [0.717, 1.165) is 0 Å². The summed E-state index contributed by atoms with van der Waals surface area (Å²) in [5, 5.41) is 11.8. The Bertz CT molecular complexity index is 506. The molecule has 1 fully saturated rings. The maximum absolute atomic E-state index is 11.5. The van der Waals surface area contributed by atoms with Crippen LogP contribution in [0.15, 0.2) is 12.3 Å². The number of carbonyl (C=O) groups excluding carboxylic acids is 1. The molecule has 2 rings (SSSR count). The van der Waals surface area contributed by atoms with Crippen molar-refractivity contribution in [3.05, 3.63) is 22.8 Å². The molecular weight excluding hydrogens is 258 g/mol. The van der Waals surface area contributed by atoms with Crippen LogP contribution in [0.1, 0.15) is 17.3 Å². The highest BCUT2D eigenvalue weighted by Crippen LogP contribution is 2.22. The third kappa shape index (κ3) is 2.24. The molecule has 1 atom stereocenters. The zero-order valence-corrected chi connectivity index (χ0v) is 10.4. The van der Waals surface area contributed by atoms with Crippen LogP contribution in [-0.4, -0.2) is 41.1 Å². The van der Waals surface area contributed by atoms with Gasteiger partial charge in [-0.2, -0.15) is 0 Å². The van der Waals surface area contributed by atoms with Gasteiger partial charge < -0.3 is 15.3 Å². The number of amides is 1. The van der Waals surface area contributed by atoms with Gasteiger partial charge in [-0.05, 0) is 13.0 Å². The molecule has 0 aliphatic carbocycles. The SMILES string of the molecule is CC1C(=O)NCCN1c1cc(C(=O)O)c(Cl)cn1. The Balaban J connectivity index is 2.36. The van der Waals surface area contributed by atoms with Crippen LogP contribution in [0.25, 0.3) is 0 Å². The van der Waals surface area contributed by atoms with E-state index in [9.17, 15) is 9.59 Å². The Morgan fingerprint density at radius 3 is 3.06 bits per heavy atom.